The fraction of sp³-hybridized carbons (Fsp3) is 0.667. The number of hydrogen-bond acceptors (Lipinski definition) is 2. The Balaban J connectivity index is 2.53. The molecule has 0 saturated carbocycles. The third-order valence-corrected chi connectivity index (χ3v) is 3.25. The molecule has 14 heavy (non-hydrogen) atoms. The largest absolute Gasteiger partial charge is 0.307 e. The van der Waals surface area contributed by atoms with E-state index in [1.807, 2.05) is 11.3 Å². The van der Waals surface area contributed by atoms with Crippen molar-refractivity contribution in [2.24, 2.45) is 0 Å². The number of thiophene rings is 1. The van der Waals surface area contributed by atoms with Gasteiger partial charge >= 0.3 is 0 Å². The zero-order valence-corrected chi connectivity index (χ0v) is 10.2. The molecule has 0 spiro atoms. The fourth-order valence-electron chi connectivity index (χ4n) is 1.61. The van der Waals surface area contributed by atoms with Gasteiger partial charge in [0.2, 0.25) is 0 Å². The van der Waals surface area contributed by atoms with Gasteiger partial charge < -0.3 is 5.32 Å². The molecule has 1 heterocycles. The predicted molar refractivity (Wildman–Crippen MR) is 64.9 cm³/mol. The van der Waals surface area contributed by atoms with Gasteiger partial charge in [-0.25, -0.2) is 0 Å². The minimum atomic E-state index is 0.565. The van der Waals surface area contributed by atoms with Crippen molar-refractivity contribution in [2.75, 3.05) is 0 Å². The third-order valence-electron chi connectivity index (χ3n) is 2.27. The highest BCUT2D eigenvalue weighted by atomic mass is 32.1. The Kier molecular flexibility index (Phi) is 5.20. The van der Waals surface area contributed by atoms with Gasteiger partial charge in [-0.15, -0.1) is 11.3 Å². The zero-order chi connectivity index (χ0) is 10.4. The quantitative estimate of drug-likeness (QED) is 0.750. The van der Waals surface area contributed by atoms with Crippen molar-refractivity contribution in [2.45, 2.75) is 52.1 Å². The van der Waals surface area contributed by atoms with E-state index in [1.54, 1.807) is 0 Å². The first-order valence-corrected chi connectivity index (χ1v) is 6.41. The Hall–Kier alpha value is -0.340. The highest BCUT2D eigenvalue weighted by Gasteiger charge is 2.12. The smallest absolute Gasteiger partial charge is 0.0416 e. The molecule has 80 valence electrons. The van der Waals surface area contributed by atoms with Crippen molar-refractivity contribution < 1.29 is 0 Å². The van der Waals surface area contributed by atoms with E-state index in [0.29, 0.717) is 12.1 Å². The second kappa shape index (κ2) is 6.20. The Labute approximate surface area is 91.5 Å². The molecule has 1 unspecified atom stereocenters. The third kappa shape index (κ3) is 3.81. The molecular formula is C12H21NS. The van der Waals surface area contributed by atoms with Gasteiger partial charge in [0.25, 0.3) is 0 Å². The predicted octanol–water partition coefficient (Wildman–Crippen LogP) is 3.98. The topological polar surface area (TPSA) is 12.0 Å². The van der Waals surface area contributed by atoms with Gasteiger partial charge in [-0.3, -0.25) is 0 Å². The van der Waals surface area contributed by atoms with Crippen LogP contribution >= 0.6 is 11.3 Å². The summed E-state index contributed by atoms with van der Waals surface area (Å²) in [6, 6.07) is 5.51. The van der Waals surface area contributed by atoms with Crippen LogP contribution in [0.15, 0.2) is 17.5 Å². The van der Waals surface area contributed by atoms with Gasteiger partial charge in [-0.2, -0.15) is 0 Å². The second-order valence-electron chi connectivity index (χ2n) is 4.03. The average molecular weight is 211 g/mol. The monoisotopic (exact) mass is 211 g/mol. The van der Waals surface area contributed by atoms with E-state index < -0.39 is 0 Å². The fourth-order valence-corrected chi connectivity index (χ4v) is 2.43. The Morgan fingerprint density at radius 1 is 1.43 bits per heavy atom. The molecule has 1 atom stereocenters. The summed E-state index contributed by atoms with van der Waals surface area (Å²) in [6.45, 7) is 6.68. The minimum Gasteiger partial charge on any atom is -0.307 e. The molecule has 1 nitrogen and oxygen atoms in total. The lowest BCUT2D eigenvalue weighted by molar-refractivity contribution is 0.445. The van der Waals surface area contributed by atoms with Crippen LogP contribution in [0, 0.1) is 0 Å². The van der Waals surface area contributed by atoms with Gasteiger partial charge in [0, 0.05) is 17.0 Å². The molecular weight excluding hydrogens is 190 g/mol. The molecule has 0 radical (unpaired) electrons. The van der Waals surface area contributed by atoms with E-state index in [4.69, 9.17) is 0 Å². The summed E-state index contributed by atoms with van der Waals surface area (Å²) in [5.41, 5.74) is 0. The molecule has 0 aromatic carbocycles. The molecule has 0 fully saturated rings. The summed E-state index contributed by atoms with van der Waals surface area (Å²) < 4.78 is 0. The minimum absolute atomic E-state index is 0.565. The van der Waals surface area contributed by atoms with Gasteiger partial charge in [0.05, 0.1) is 0 Å². The van der Waals surface area contributed by atoms with Gasteiger partial charge in [-0.1, -0.05) is 39.7 Å². The summed E-state index contributed by atoms with van der Waals surface area (Å²) >= 11 is 1.86. The van der Waals surface area contributed by atoms with Crippen LogP contribution < -0.4 is 5.32 Å². The van der Waals surface area contributed by atoms with Crippen molar-refractivity contribution >= 4 is 11.3 Å². The van der Waals surface area contributed by atoms with Crippen LogP contribution in [0.1, 0.15) is 51.0 Å². The van der Waals surface area contributed by atoms with E-state index in [2.05, 4.69) is 43.6 Å². The van der Waals surface area contributed by atoms with Crippen molar-refractivity contribution in [1.82, 2.24) is 5.32 Å². The molecule has 1 rings (SSSR count). The SMILES string of the molecule is CCCCC(NC(C)C)c1cccs1. The summed E-state index contributed by atoms with van der Waals surface area (Å²) in [7, 11) is 0. The molecule has 2 heteroatoms. The molecule has 0 bridgehead atoms. The standard InChI is InChI=1S/C12H21NS/c1-4-5-7-11(13-10(2)3)12-8-6-9-14-12/h6,8-11,13H,4-5,7H2,1-3H3. The molecule has 0 saturated heterocycles. The van der Waals surface area contributed by atoms with Gasteiger partial charge in [-0.05, 0) is 17.9 Å². The highest BCUT2D eigenvalue weighted by Crippen LogP contribution is 2.24. The summed E-state index contributed by atoms with van der Waals surface area (Å²) in [5.74, 6) is 0. The van der Waals surface area contributed by atoms with Crippen LogP contribution in [0.25, 0.3) is 0 Å². The van der Waals surface area contributed by atoms with Gasteiger partial charge in [0.15, 0.2) is 0 Å². The van der Waals surface area contributed by atoms with Crippen molar-refractivity contribution in [3.05, 3.63) is 22.4 Å². The second-order valence-corrected chi connectivity index (χ2v) is 5.01. The van der Waals surface area contributed by atoms with Crippen LogP contribution in [0.2, 0.25) is 0 Å². The van der Waals surface area contributed by atoms with Crippen LogP contribution in [0.5, 0.6) is 0 Å². The number of rotatable bonds is 6. The first-order chi connectivity index (χ1) is 6.74. The van der Waals surface area contributed by atoms with Crippen molar-refractivity contribution in [3.8, 4) is 0 Å². The Morgan fingerprint density at radius 2 is 2.21 bits per heavy atom. The number of unbranched alkanes of at least 4 members (excludes halogenated alkanes) is 1. The number of nitrogens with one attached hydrogen (secondary N) is 1. The van der Waals surface area contributed by atoms with E-state index in [-0.39, 0.29) is 0 Å². The maximum Gasteiger partial charge on any atom is 0.0416 e. The Bertz CT molecular complexity index is 228. The van der Waals surface area contributed by atoms with E-state index in [9.17, 15) is 0 Å². The lowest BCUT2D eigenvalue weighted by Crippen LogP contribution is -2.27. The lowest BCUT2D eigenvalue weighted by atomic mass is 10.1. The molecule has 0 aliphatic heterocycles. The number of hydrogen-bond donors (Lipinski definition) is 1. The van der Waals surface area contributed by atoms with Crippen molar-refractivity contribution in [3.63, 3.8) is 0 Å². The summed E-state index contributed by atoms with van der Waals surface area (Å²) in [4.78, 5) is 1.48. The molecule has 1 N–H and O–H groups in total. The lowest BCUT2D eigenvalue weighted by Gasteiger charge is -2.19. The summed E-state index contributed by atoms with van der Waals surface area (Å²) in [5, 5.41) is 5.79. The summed E-state index contributed by atoms with van der Waals surface area (Å²) in [6.07, 6.45) is 3.85. The molecule has 1 aromatic rings. The highest BCUT2D eigenvalue weighted by molar-refractivity contribution is 7.10. The van der Waals surface area contributed by atoms with Crippen LogP contribution in [-0.2, 0) is 0 Å². The normalized spacial score (nSPS) is 13.4. The first kappa shape index (κ1) is 11.7. The zero-order valence-electron chi connectivity index (χ0n) is 9.42. The molecule has 0 aliphatic carbocycles. The maximum absolute atomic E-state index is 3.63. The molecule has 0 amide bonds. The van der Waals surface area contributed by atoms with Crippen molar-refractivity contribution in [1.29, 1.82) is 0 Å². The average Bonchev–Trinajstić information content (AvgIpc) is 2.64. The van der Waals surface area contributed by atoms with Crippen LogP contribution in [0.3, 0.4) is 0 Å². The maximum atomic E-state index is 3.63. The van der Waals surface area contributed by atoms with E-state index in [1.165, 1.54) is 24.1 Å². The van der Waals surface area contributed by atoms with Gasteiger partial charge in [0.1, 0.15) is 0 Å². The molecule has 0 aliphatic rings. The van der Waals surface area contributed by atoms with Crippen LogP contribution in [-0.4, -0.2) is 6.04 Å². The van der Waals surface area contributed by atoms with E-state index >= 15 is 0 Å². The first-order valence-electron chi connectivity index (χ1n) is 5.53. The van der Waals surface area contributed by atoms with E-state index in [0.717, 1.165) is 0 Å². The van der Waals surface area contributed by atoms with Crippen LogP contribution in [0.4, 0.5) is 0 Å². The molecule has 1 aromatic heterocycles. The Morgan fingerprint density at radius 3 is 2.71 bits per heavy atom.